The lowest BCUT2D eigenvalue weighted by molar-refractivity contribution is -0.126. The van der Waals surface area contributed by atoms with Crippen molar-refractivity contribution in [3.05, 3.63) is 18.2 Å². The average Bonchev–Trinajstić information content (AvgIpc) is 2.84. The largest absolute Gasteiger partial charge is 0.378 e. The molecular formula is C10H15N3O2. The molecule has 2 N–H and O–H groups in total. The van der Waals surface area contributed by atoms with Gasteiger partial charge in [0.1, 0.15) is 5.82 Å². The van der Waals surface area contributed by atoms with Crippen LogP contribution in [0.2, 0.25) is 0 Å². The molecular weight excluding hydrogens is 194 g/mol. The van der Waals surface area contributed by atoms with Crippen molar-refractivity contribution < 1.29 is 9.53 Å². The number of hydrogen-bond acceptors (Lipinski definition) is 3. The zero-order valence-corrected chi connectivity index (χ0v) is 8.69. The molecule has 82 valence electrons. The van der Waals surface area contributed by atoms with Gasteiger partial charge in [-0.15, -0.1) is 0 Å². The standard InChI is InChI=1S/C10H15N3O2/c1-7-8(2-5-15-7)10(14)13-6-9-11-3-4-12-9/h3-4,7-8H,2,5-6H2,1H3,(H,11,12)(H,13,14). The van der Waals surface area contributed by atoms with Crippen molar-refractivity contribution in [3.8, 4) is 0 Å². The maximum atomic E-state index is 11.7. The molecule has 2 atom stereocenters. The summed E-state index contributed by atoms with van der Waals surface area (Å²) in [6.45, 7) is 3.07. The fourth-order valence-corrected chi connectivity index (χ4v) is 1.77. The Morgan fingerprint density at radius 2 is 2.67 bits per heavy atom. The molecule has 1 amide bonds. The van der Waals surface area contributed by atoms with Crippen LogP contribution in [0.3, 0.4) is 0 Å². The van der Waals surface area contributed by atoms with Gasteiger partial charge in [0.25, 0.3) is 0 Å². The van der Waals surface area contributed by atoms with Crippen LogP contribution in [0.4, 0.5) is 0 Å². The number of nitrogens with one attached hydrogen (secondary N) is 2. The minimum Gasteiger partial charge on any atom is -0.378 e. The van der Waals surface area contributed by atoms with E-state index in [1.54, 1.807) is 12.4 Å². The number of carbonyl (C=O) groups excluding carboxylic acids is 1. The van der Waals surface area contributed by atoms with Gasteiger partial charge in [-0.1, -0.05) is 0 Å². The van der Waals surface area contributed by atoms with Crippen LogP contribution in [0.15, 0.2) is 12.4 Å². The van der Waals surface area contributed by atoms with E-state index in [4.69, 9.17) is 4.74 Å². The molecule has 5 nitrogen and oxygen atoms in total. The Bertz CT molecular complexity index is 323. The van der Waals surface area contributed by atoms with Gasteiger partial charge in [0, 0.05) is 19.0 Å². The molecule has 0 aromatic carbocycles. The van der Waals surface area contributed by atoms with Gasteiger partial charge < -0.3 is 15.0 Å². The van der Waals surface area contributed by atoms with E-state index in [1.165, 1.54) is 0 Å². The van der Waals surface area contributed by atoms with E-state index in [-0.39, 0.29) is 17.9 Å². The van der Waals surface area contributed by atoms with Crippen LogP contribution >= 0.6 is 0 Å². The van der Waals surface area contributed by atoms with E-state index in [0.29, 0.717) is 13.2 Å². The predicted molar refractivity (Wildman–Crippen MR) is 54.0 cm³/mol. The van der Waals surface area contributed by atoms with Crippen LogP contribution in [-0.4, -0.2) is 28.6 Å². The summed E-state index contributed by atoms with van der Waals surface area (Å²) in [4.78, 5) is 18.7. The molecule has 1 aromatic rings. The molecule has 0 spiro atoms. The number of ether oxygens (including phenoxy) is 1. The Kier molecular flexibility index (Phi) is 3.01. The summed E-state index contributed by atoms with van der Waals surface area (Å²) in [7, 11) is 0. The number of aromatic nitrogens is 2. The second-order valence-corrected chi connectivity index (χ2v) is 3.72. The highest BCUT2D eigenvalue weighted by Crippen LogP contribution is 2.20. The first kappa shape index (κ1) is 10.2. The van der Waals surface area contributed by atoms with Crippen molar-refractivity contribution in [1.82, 2.24) is 15.3 Å². The number of amides is 1. The maximum absolute atomic E-state index is 11.7. The maximum Gasteiger partial charge on any atom is 0.226 e. The summed E-state index contributed by atoms with van der Waals surface area (Å²) in [5.74, 6) is 0.811. The summed E-state index contributed by atoms with van der Waals surface area (Å²) in [5, 5.41) is 2.84. The summed E-state index contributed by atoms with van der Waals surface area (Å²) in [6, 6.07) is 0. The van der Waals surface area contributed by atoms with Gasteiger partial charge in [0.2, 0.25) is 5.91 Å². The van der Waals surface area contributed by atoms with E-state index in [2.05, 4.69) is 15.3 Å². The highest BCUT2D eigenvalue weighted by atomic mass is 16.5. The fourth-order valence-electron chi connectivity index (χ4n) is 1.77. The second-order valence-electron chi connectivity index (χ2n) is 3.72. The van der Waals surface area contributed by atoms with Gasteiger partial charge in [0.15, 0.2) is 0 Å². The van der Waals surface area contributed by atoms with E-state index in [1.807, 2.05) is 6.92 Å². The fraction of sp³-hybridized carbons (Fsp3) is 0.600. The highest BCUT2D eigenvalue weighted by Gasteiger charge is 2.30. The van der Waals surface area contributed by atoms with Crippen LogP contribution in [-0.2, 0) is 16.1 Å². The first-order valence-electron chi connectivity index (χ1n) is 5.15. The first-order chi connectivity index (χ1) is 7.27. The SMILES string of the molecule is CC1OCCC1C(=O)NCc1ncc[nH]1. The lowest BCUT2D eigenvalue weighted by Crippen LogP contribution is -2.33. The molecule has 0 radical (unpaired) electrons. The second kappa shape index (κ2) is 4.44. The third kappa shape index (κ3) is 2.36. The zero-order valence-electron chi connectivity index (χ0n) is 8.69. The molecule has 1 saturated heterocycles. The summed E-state index contributed by atoms with van der Waals surface area (Å²) >= 11 is 0. The van der Waals surface area contributed by atoms with Crippen molar-refractivity contribution in [2.24, 2.45) is 5.92 Å². The molecule has 0 aliphatic carbocycles. The zero-order chi connectivity index (χ0) is 10.7. The summed E-state index contributed by atoms with van der Waals surface area (Å²) in [5.41, 5.74) is 0. The molecule has 0 bridgehead atoms. The molecule has 1 fully saturated rings. The highest BCUT2D eigenvalue weighted by molar-refractivity contribution is 5.79. The number of nitrogens with zero attached hydrogens (tertiary/aromatic N) is 1. The lowest BCUT2D eigenvalue weighted by Gasteiger charge is -2.13. The third-order valence-electron chi connectivity index (χ3n) is 2.70. The number of rotatable bonds is 3. The van der Waals surface area contributed by atoms with E-state index in [0.717, 1.165) is 12.2 Å². The lowest BCUT2D eigenvalue weighted by atomic mass is 10.0. The molecule has 1 aromatic heterocycles. The molecule has 0 saturated carbocycles. The predicted octanol–water partition coefficient (Wildman–Crippen LogP) is 0.451. The van der Waals surface area contributed by atoms with Gasteiger partial charge in [-0.25, -0.2) is 4.98 Å². The first-order valence-corrected chi connectivity index (χ1v) is 5.15. The Morgan fingerprint density at radius 1 is 1.80 bits per heavy atom. The van der Waals surface area contributed by atoms with E-state index in [9.17, 15) is 4.79 Å². The molecule has 2 heterocycles. The molecule has 1 aliphatic rings. The quantitative estimate of drug-likeness (QED) is 0.759. The smallest absolute Gasteiger partial charge is 0.226 e. The normalized spacial score (nSPS) is 25.4. The van der Waals surface area contributed by atoms with Crippen molar-refractivity contribution >= 4 is 5.91 Å². The van der Waals surface area contributed by atoms with Crippen molar-refractivity contribution in [2.75, 3.05) is 6.61 Å². The Morgan fingerprint density at radius 3 is 3.27 bits per heavy atom. The minimum atomic E-state index is -0.0139. The Labute approximate surface area is 88.2 Å². The molecule has 15 heavy (non-hydrogen) atoms. The van der Waals surface area contributed by atoms with Crippen molar-refractivity contribution in [1.29, 1.82) is 0 Å². The molecule has 2 rings (SSSR count). The van der Waals surface area contributed by atoms with Gasteiger partial charge in [-0.2, -0.15) is 0 Å². The molecule has 5 heteroatoms. The van der Waals surface area contributed by atoms with Gasteiger partial charge in [0.05, 0.1) is 18.6 Å². The van der Waals surface area contributed by atoms with Crippen molar-refractivity contribution in [2.45, 2.75) is 26.0 Å². The Hall–Kier alpha value is -1.36. The monoisotopic (exact) mass is 209 g/mol. The van der Waals surface area contributed by atoms with Gasteiger partial charge in [-0.3, -0.25) is 4.79 Å². The number of hydrogen-bond donors (Lipinski definition) is 2. The van der Waals surface area contributed by atoms with Crippen LogP contribution < -0.4 is 5.32 Å². The van der Waals surface area contributed by atoms with Crippen LogP contribution in [0.5, 0.6) is 0 Å². The summed E-state index contributed by atoms with van der Waals surface area (Å²) < 4.78 is 5.34. The topological polar surface area (TPSA) is 67.0 Å². The van der Waals surface area contributed by atoms with E-state index >= 15 is 0 Å². The minimum absolute atomic E-state index is 0.0139. The third-order valence-corrected chi connectivity index (χ3v) is 2.70. The number of aromatic amines is 1. The van der Waals surface area contributed by atoms with Gasteiger partial charge in [-0.05, 0) is 13.3 Å². The van der Waals surface area contributed by atoms with E-state index < -0.39 is 0 Å². The molecule has 2 unspecified atom stereocenters. The van der Waals surface area contributed by atoms with Crippen molar-refractivity contribution in [3.63, 3.8) is 0 Å². The van der Waals surface area contributed by atoms with Gasteiger partial charge >= 0.3 is 0 Å². The summed E-state index contributed by atoms with van der Waals surface area (Å²) in [6.07, 6.45) is 4.25. The van der Waals surface area contributed by atoms with Crippen LogP contribution in [0, 0.1) is 5.92 Å². The average molecular weight is 209 g/mol. The number of imidazole rings is 1. The van der Waals surface area contributed by atoms with Crippen LogP contribution in [0.1, 0.15) is 19.2 Å². The molecule has 1 aliphatic heterocycles. The number of carbonyl (C=O) groups is 1. The number of H-pyrrole nitrogens is 1. The Balaban J connectivity index is 1.82. The van der Waals surface area contributed by atoms with Crippen LogP contribution in [0.25, 0.3) is 0 Å².